The first kappa shape index (κ1) is 14.9. The molecule has 0 aromatic heterocycles. The van der Waals surface area contributed by atoms with Crippen LogP contribution in [0, 0.1) is 11.7 Å². The predicted octanol–water partition coefficient (Wildman–Crippen LogP) is 2.26. The van der Waals surface area contributed by atoms with Gasteiger partial charge < -0.3 is 16.4 Å². The first-order valence-electron chi connectivity index (χ1n) is 6.74. The van der Waals surface area contributed by atoms with E-state index in [4.69, 9.17) is 11.5 Å². The number of hydrogen-bond donors (Lipinski definition) is 2. The second-order valence-corrected chi connectivity index (χ2v) is 6.08. The normalized spacial score (nSPS) is 19.6. The molecule has 1 heterocycles. The van der Waals surface area contributed by atoms with Crippen LogP contribution >= 0.6 is 15.9 Å². The largest absolute Gasteiger partial charge is 0.329 e. The van der Waals surface area contributed by atoms with Gasteiger partial charge in [0.2, 0.25) is 0 Å². The number of piperidine rings is 1. The van der Waals surface area contributed by atoms with Gasteiger partial charge in [-0.05, 0) is 50.0 Å². The zero-order chi connectivity index (χ0) is 13.8. The molecular weight excluding hydrogens is 309 g/mol. The molecule has 5 heteroatoms. The number of hydrogen-bond acceptors (Lipinski definition) is 3. The minimum atomic E-state index is -0.225. The van der Waals surface area contributed by atoms with Gasteiger partial charge in [-0.3, -0.25) is 0 Å². The number of rotatable bonds is 4. The maximum absolute atomic E-state index is 13.8. The minimum Gasteiger partial charge on any atom is -0.329 e. The summed E-state index contributed by atoms with van der Waals surface area (Å²) in [6, 6.07) is 4.75. The second-order valence-electron chi connectivity index (χ2n) is 5.16. The third kappa shape index (κ3) is 3.75. The van der Waals surface area contributed by atoms with Crippen LogP contribution in [0.5, 0.6) is 0 Å². The SMILES string of the molecule is NCCN1CCC(C(N)c2cc(Br)ccc2F)CC1. The molecule has 0 spiro atoms. The van der Waals surface area contributed by atoms with Gasteiger partial charge in [0.05, 0.1) is 0 Å². The van der Waals surface area contributed by atoms with E-state index in [9.17, 15) is 4.39 Å². The first-order valence-corrected chi connectivity index (χ1v) is 7.54. The van der Waals surface area contributed by atoms with Crippen LogP contribution in [0.15, 0.2) is 22.7 Å². The zero-order valence-corrected chi connectivity index (χ0v) is 12.6. The van der Waals surface area contributed by atoms with Crippen LogP contribution in [0.2, 0.25) is 0 Å². The highest BCUT2D eigenvalue weighted by molar-refractivity contribution is 9.10. The summed E-state index contributed by atoms with van der Waals surface area (Å²) >= 11 is 3.37. The average Bonchev–Trinajstić information content (AvgIpc) is 2.42. The van der Waals surface area contributed by atoms with Crippen molar-refractivity contribution in [3.05, 3.63) is 34.1 Å². The molecule has 3 nitrogen and oxygen atoms in total. The fraction of sp³-hybridized carbons (Fsp3) is 0.571. The Hall–Kier alpha value is -0.490. The van der Waals surface area contributed by atoms with Crippen molar-refractivity contribution in [3.63, 3.8) is 0 Å². The molecule has 4 N–H and O–H groups in total. The molecule has 19 heavy (non-hydrogen) atoms. The lowest BCUT2D eigenvalue weighted by atomic mass is 9.86. The molecule has 106 valence electrons. The molecule has 1 aliphatic heterocycles. The lowest BCUT2D eigenvalue weighted by molar-refractivity contribution is 0.172. The molecule has 2 rings (SSSR count). The van der Waals surface area contributed by atoms with E-state index in [2.05, 4.69) is 20.8 Å². The first-order chi connectivity index (χ1) is 9.11. The number of nitrogens with zero attached hydrogens (tertiary/aromatic N) is 1. The maximum Gasteiger partial charge on any atom is 0.128 e. The van der Waals surface area contributed by atoms with Crippen LogP contribution < -0.4 is 11.5 Å². The predicted molar refractivity (Wildman–Crippen MR) is 79.2 cm³/mol. The van der Waals surface area contributed by atoms with Crippen molar-refractivity contribution in [2.45, 2.75) is 18.9 Å². The van der Waals surface area contributed by atoms with E-state index in [0.717, 1.165) is 36.9 Å². The molecule has 1 unspecified atom stereocenters. The fourth-order valence-electron chi connectivity index (χ4n) is 2.74. The molecule has 0 amide bonds. The summed E-state index contributed by atoms with van der Waals surface area (Å²) in [5.74, 6) is 0.137. The van der Waals surface area contributed by atoms with Crippen molar-refractivity contribution in [1.82, 2.24) is 4.90 Å². The summed E-state index contributed by atoms with van der Waals surface area (Å²) in [4.78, 5) is 2.35. The molecule has 0 bridgehead atoms. The summed E-state index contributed by atoms with van der Waals surface area (Å²) < 4.78 is 14.7. The Morgan fingerprint density at radius 3 is 2.68 bits per heavy atom. The quantitative estimate of drug-likeness (QED) is 0.890. The molecular formula is C14H21BrFN3. The summed E-state index contributed by atoms with van der Waals surface area (Å²) in [5, 5.41) is 0. The Bertz CT molecular complexity index is 419. The van der Waals surface area contributed by atoms with Gasteiger partial charge >= 0.3 is 0 Å². The van der Waals surface area contributed by atoms with Crippen molar-refractivity contribution in [3.8, 4) is 0 Å². The summed E-state index contributed by atoms with van der Waals surface area (Å²) in [6.45, 7) is 3.64. The highest BCUT2D eigenvalue weighted by Crippen LogP contribution is 2.31. The van der Waals surface area contributed by atoms with Crippen molar-refractivity contribution >= 4 is 15.9 Å². The third-order valence-corrected chi connectivity index (χ3v) is 4.40. The van der Waals surface area contributed by atoms with Crippen molar-refractivity contribution in [2.75, 3.05) is 26.2 Å². The summed E-state index contributed by atoms with van der Waals surface area (Å²) in [7, 11) is 0. The van der Waals surface area contributed by atoms with Gasteiger partial charge in [0, 0.05) is 29.2 Å². The molecule has 0 saturated carbocycles. The summed E-state index contributed by atoms with van der Waals surface area (Å²) in [5.41, 5.74) is 12.4. The molecule has 1 aromatic rings. The number of benzene rings is 1. The van der Waals surface area contributed by atoms with E-state index < -0.39 is 0 Å². The van der Waals surface area contributed by atoms with E-state index in [0.29, 0.717) is 18.0 Å². The lowest BCUT2D eigenvalue weighted by Gasteiger charge is -2.34. The highest BCUT2D eigenvalue weighted by atomic mass is 79.9. The molecule has 1 atom stereocenters. The van der Waals surface area contributed by atoms with Crippen LogP contribution in [-0.2, 0) is 0 Å². The number of halogens is 2. The van der Waals surface area contributed by atoms with E-state index in [1.165, 1.54) is 6.07 Å². The lowest BCUT2D eigenvalue weighted by Crippen LogP contribution is -2.39. The van der Waals surface area contributed by atoms with Crippen molar-refractivity contribution < 1.29 is 4.39 Å². The smallest absolute Gasteiger partial charge is 0.128 e. The van der Waals surface area contributed by atoms with Crippen LogP contribution in [0.25, 0.3) is 0 Å². The average molecular weight is 330 g/mol. The van der Waals surface area contributed by atoms with Crippen LogP contribution in [-0.4, -0.2) is 31.1 Å². The molecule has 1 aromatic carbocycles. The van der Waals surface area contributed by atoms with Crippen molar-refractivity contribution in [2.24, 2.45) is 17.4 Å². The van der Waals surface area contributed by atoms with Gasteiger partial charge in [-0.2, -0.15) is 0 Å². The van der Waals surface area contributed by atoms with E-state index >= 15 is 0 Å². The van der Waals surface area contributed by atoms with Gasteiger partial charge in [0.15, 0.2) is 0 Å². The van der Waals surface area contributed by atoms with Crippen LogP contribution in [0.1, 0.15) is 24.4 Å². The Kier molecular flexibility index (Phi) is 5.33. The number of likely N-dealkylation sites (tertiary alicyclic amines) is 1. The standard InChI is InChI=1S/C14H21BrFN3/c15-11-1-2-13(16)12(9-11)14(18)10-3-6-19(7-4-10)8-5-17/h1-2,9-10,14H,3-8,17-18H2. The van der Waals surface area contributed by atoms with E-state index in [1.807, 2.05) is 0 Å². The van der Waals surface area contributed by atoms with Crippen LogP contribution in [0.3, 0.4) is 0 Å². The summed E-state index contributed by atoms with van der Waals surface area (Å²) in [6.07, 6.45) is 2.01. The molecule has 0 radical (unpaired) electrons. The van der Waals surface area contributed by atoms with Gasteiger partial charge in [-0.1, -0.05) is 15.9 Å². The molecule has 1 aliphatic rings. The second kappa shape index (κ2) is 6.79. The van der Waals surface area contributed by atoms with Crippen molar-refractivity contribution in [1.29, 1.82) is 0 Å². The molecule has 1 fully saturated rings. The van der Waals surface area contributed by atoms with E-state index in [1.54, 1.807) is 12.1 Å². The molecule has 1 saturated heterocycles. The van der Waals surface area contributed by atoms with Gasteiger partial charge in [0.25, 0.3) is 0 Å². The number of nitrogens with two attached hydrogens (primary N) is 2. The Labute approximate surface area is 122 Å². The van der Waals surface area contributed by atoms with Gasteiger partial charge in [-0.25, -0.2) is 4.39 Å². The Morgan fingerprint density at radius 2 is 2.05 bits per heavy atom. The minimum absolute atomic E-state index is 0.208. The monoisotopic (exact) mass is 329 g/mol. The third-order valence-electron chi connectivity index (χ3n) is 3.90. The fourth-order valence-corrected chi connectivity index (χ4v) is 3.12. The van der Waals surface area contributed by atoms with E-state index in [-0.39, 0.29) is 11.9 Å². The maximum atomic E-state index is 13.8. The molecule has 0 aliphatic carbocycles. The van der Waals surface area contributed by atoms with Crippen LogP contribution in [0.4, 0.5) is 4.39 Å². The topological polar surface area (TPSA) is 55.3 Å². The highest BCUT2D eigenvalue weighted by Gasteiger charge is 2.26. The van der Waals surface area contributed by atoms with Gasteiger partial charge in [0.1, 0.15) is 5.82 Å². The van der Waals surface area contributed by atoms with Gasteiger partial charge in [-0.15, -0.1) is 0 Å². The Morgan fingerprint density at radius 1 is 1.37 bits per heavy atom. The zero-order valence-electron chi connectivity index (χ0n) is 11.0. The Balaban J connectivity index is 2.01.